The van der Waals surface area contributed by atoms with Gasteiger partial charge < -0.3 is 15.0 Å². The Kier molecular flexibility index (Phi) is 4.76. The summed E-state index contributed by atoms with van der Waals surface area (Å²) in [7, 11) is 3.91. The van der Waals surface area contributed by atoms with Crippen molar-refractivity contribution < 1.29 is 9.50 Å². The third kappa shape index (κ3) is 3.34. The van der Waals surface area contributed by atoms with Crippen molar-refractivity contribution in [3.05, 3.63) is 81.9 Å². The number of rotatable bonds is 3. The minimum Gasteiger partial charge on any atom is -0.506 e. The molecule has 3 aromatic carbocycles. The smallest absolute Gasteiger partial charge is 0.260 e. The molecule has 0 bridgehead atoms. The molecule has 2 N–H and O–H groups in total. The van der Waals surface area contributed by atoms with E-state index in [0.29, 0.717) is 21.5 Å². The van der Waals surface area contributed by atoms with Gasteiger partial charge in [0.05, 0.1) is 16.1 Å². The van der Waals surface area contributed by atoms with Crippen molar-refractivity contribution in [2.45, 2.75) is 0 Å². The molecule has 4 aromatic rings. The highest BCUT2D eigenvalue weighted by atomic mass is 35.5. The lowest BCUT2D eigenvalue weighted by Crippen LogP contribution is -2.10. The van der Waals surface area contributed by atoms with E-state index in [4.69, 9.17) is 11.6 Å². The molecule has 4 nitrogen and oxygen atoms in total. The highest BCUT2D eigenvalue weighted by molar-refractivity contribution is 6.34. The number of nitrogens with zero attached hydrogens (tertiary/aromatic N) is 1. The van der Waals surface area contributed by atoms with E-state index in [9.17, 15) is 14.3 Å². The van der Waals surface area contributed by atoms with Gasteiger partial charge in [-0.1, -0.05) is 41.9 Å². The fraction of sp³-hybridized carbons (Fsp3) is 0.0870. The van der Waals surface area contributed by atoms with E-state index in [2.05, 4.69) is 4.98 Å². The Hall–Kier alpha value is -3.31. The van der Waals surface area contributed by atoms with Gasteiger partial charge in [-0.2, -0.15) is 0 Å². The molecule has 0 fully saturated rings. The Balaban J connectivity index is 1.95. The van der Waals surface area contributed by atoms with E-state index in [0.717, 1.165) is 11.3 Å². The molecule has 0 amide bonds. The van der Waals surface area contributed by atoms with Gasteiger partial charge in [0.25, 0.3) is 5.56 Å². The lowest BCUT2D eigenvalue weighted by Gasteiger charge is -2.14. The monoisotopic (exact) mass is 408 g/mol. The van der Waals surface area contributed by atoms with Crippen LogP contribution in [0.4, 0.5) is 10.1 Å². The molecule has 0 radical (unpaired) electrons. The number of hydrogen-bond acceptors (Lipinski definition) is 3. The number of H-pyrrole nitrogens is 1. The van der Waals surface area contributed by atoms with E-state index in [1.807, 2.05) is 43.3 Å². The summed E-state index contributed by atoms with van der Waals surface area (Å²) < 4.78 is 14.3. The summed E-state index contributed by atoms with van der Waals surface area (Å²) in [6.45, 7) is 0. The molecular weight excluding hydrogens is 391 g/mol. The number of halogens is 2. The second-order valence-electron chi connectivity index (χ2n) is 6.98. The van der Waals surface area contributed by atoms with Crippen LogP contribution in [0.3, 0.4) is 0 Å². The summed E-state index contributed by atoms with van der Waals surface area (Å²) in [5.41, 5.74) is 2.34. The van der Waals surface area contributed by atoms with Gasteiger partial charge in [0.1, 0.15) is 11.6 Å². The summed E-state index contributed by atoms with van der Waals surface area (Å²) in [6, 6.07) is 16.9. The zero-order valence-corrected chi connectivity index (χ0v) is 16.6. The first-order valence-corrected chi connectivity index (χ1v) is 9.36. The van der Waals surface area contributed by atoms with E-state index in [1.54, 1.807) is 18.2 Å². The minimum atomic E-state index is -0.584. The van der Waals surface area contributed by atoms with Crippen LogP contribution in [0.5, 0.6) is 5.75 Å². The van der Waals surface area contributed by atoms with Crippen molar-refractivity contribution >= 4 is 28.2 Å². The number of hydrogen-bond donors (Lipinski definition) is 2. The van der Waals surface area contributed by atoms with Gasteiger partial charge in [0, 0.05) is 36.3 Å². The molecule has 0 atom stereocenters. The molecule has 1 aromatic heterocycles. The van der Waals surface area contributed by atoms with Crippen LogP contribution < -0.4 is 10.5 Å². The van der Waals surface area contributed by atoms with Gasteiger partial charge in [0.15, 0.2) is 0 Å². The molecular formula is C23H18ClFN2O2. The predicted octanol–water partition coefficient (Wildman–Crippen LogP) is 5.43. The summed E-state index contributed by atoms with van der Waals surface area (Å²) in [5.74, 6) is -0.863. The van der Waals surface area contributed by atoms with E-state index >= 15 is 0 Å². The standard InChI is InChI=1S/C23H18ClFN2O2/c1-27(2)14-9-7-13(8-10-14)16-11-17-20(12-18(16)24)26-23(29)21(22(17)28)15-5-3-4-6-19(15)25/h3-12H,1-2H3,(H2,26,28,29). The third-order valence-corrected chi connectivity index (χ3v) is 5.23. The first-order valence-electron chi connectivity index (χ1n) is 8.98. The maximum atomic E-state index is 14.3. The van der Waals surface area contributed by atoms with Crippen LogP contribution in [0.2, 0.25) is 5.02 Å². The maximum absolute atomic E-state index is 14.3. The van der Waals surface area contributed by atoms with E-state index in [-0.39, 0.29) is 16.9 Å². The first kappa shape index (κ1) is 19.0. The van der Waals surface area contributed by atoms with Crippen LogP contribution in [-0.4, -0.2) is 24.2 Å². The lowest BCUT2D eigenvalue weighted by molar-refractivity contribution is 0.482. The quantitative estimate of drug-likeness (QED) is 0.475. The number of pyridine rings is 1. The van der Waals surface area contributed by atoms with Crippen LogP contribution in [0.25, 0.3) is 33.2 Å². The molecule has 0 saturated heterocycles. The number of aromatic nitrogens is 1. The number of anilines is 1. The summed E-state index contributed by atoms with van der Waals surface area (Å²) >= 11 is 6.45. The third-order valence-electron chi connectivity index (χ3n) is 4.91. The maximum Gasteiger partial charge on any atom is 0.260 e. The lowest BCUT2D eigenvalue weighted by atomic mass is 9.99. The molecule has 0 unspecified atom stereocenters. The number of benzene rings is 3. The van der Waals surface area contributed by atoms with Crippen LogP contribution in [0.15, 0.2) is 65.5 Å². The molecule has 4 rings (SSSR count). The van der Waals surface area contributed by atoms with Crippen molar-refractivity contribution in [3.8, 4) is 28.0 Å². The predicted molar refractivity (Wildman–Crippen MR) is 116 cm³/mol. The molecule has 0 aliphatic carbocycles. The Morgan fingerprint density at radius 2 is 1.69 bits per heavy atom. The molecule has 0 spiro atoms. The zero-order chi connectivity index (χ0) is 20.7. The van der Waals surface area contributed by atoms with Crippen LogP contribution in [-0.2, 0) is 0 Å². The molecule has 29 heavy (non-hydrogen) atoms. The van der Waals surface area contributed by atoms with Crippen LogP contribution >= 0.6 is 11.6 Å². The summed E-state index contributed by atoms with van der Waals surface area (Å²) in [4.78, 5) is 17.2. The van der Waals surface area contributed by atoms with Crippen LogP contribution in [0, 0.1) is 5.82 Å². The van der Waals surface area contributed by atoms with Gasteiger partial charge in [-0.25, -0.2) is 4.39 Å². The second kappa shape index (κ2) is 7.26. The van der Waals surface area contributed by atoms with E-state index in [1.165, 1.54) is 18.2 Å². The van der Waals surface area contributed by atoms with Gasteiger partial charge in [-0.05, 0) is 35.9 Å². The number of aromatic amines is 1. The van der Waals surface area contributed by atoms with Crippen molar-refractivity contribution in [2.24, 2.45) is 0 Å². The van der Waals surface area contributed by atoms with Crippen molar-refractivity contribution in [1.82, 2.24) is 4.98 Å². The summed E-state index contributed by atoms with van der Waals surface area (Å²) in [5, 5.41) is 11.7. The first-order chi connectivity index (χ1) is 13.9. The van der Waals surface area contributed by atoms with Crippen molar-refractivity contribution in [3.63, 3.8) is 0 Å². The SMILES string of the molecule is CN(C)c1ccc(-c2cc3c(O)c(-c4ccccc4F)c(=O)[nH]c3cc2Cl)cc1. The van der Waals surface area contributed by atoms with Crippen molar-refractivity contribution in [1.29, 1.82) is 0 Å². The Labute approximate surface area is 171 Å². The number of fused-ring (bicyclic) bond motifs is 1. The second-order valence-corrected chi connectivity index (χ2v) is 7.38. The highest BCUT2D eigenvalue weighted by Gasteiger charge is 2.18. The molecule has 0 saturated carbocycles. The largest absolute Gasteiger partial charge is 0.506 e. The fourth-order valence-corrected chi connectivity index (χ4v) is 3.65. The topological polar surface area (TPSA) is 56.3 Å². The van der Waals surface area contributed by atoms with Gasteiger partial charge in [-0.15, -0.1) is 0 Å². The average Bonchev–Trinajstić information content (AvgIpc) is 2.69. The van der Waals surface area contributed by atoms with Gasteiger partial charge in [-0.3, -0.25) is 4.79 Å². The Morgan fingerprint density at radius 1 is 1.00 bits per heavy atom. The van der Waals surface area contributed by atoms with E-state index < -0.39 is 11.4 Å². The summed E-state index contributed by atoms with van der Waals surface area (Å²) in [6.07, 6.45) is 0. The molecule has 0 aliphatic rings. The van der Waals surface area contributed by atoms with Crippen LogP contribution in [0.1, 0.15) is 0 Å². The number of aromatic hydroxyl groups is 1. The Bertz CT molecular complexity index is 1280. The highest BCUT2D eigenvalue weighted by Crippen LogP contribution is 2.38. The molecule has 6 heteroatoms. The van der Waals surface area contributed by atoms with Gasteiger partial charge >= 0.3 is 0 Å². The molecule has 0 aliphatic heterocycles. The fourth-order valence-electron chi connectivity index (χ4n) is 3.37. The number of nitrogens with one attached hydrogen (secondary N) is 1. The minimum absolute atomic E-state index is 0.0417. The van der Waals surface area contributed by atoms with Gasteiger partial charge in [0.2, 0.25) is 0 Å². The zero-order valence-electron chi connectivity index (χ0n) is 15.8. The average molecular weight is 409 g/mol. The Morgan fingerprint density at radius 3 is 2.34 bits per heavy atom. The normalized spacial score (nSPS) is 11.0. The molecule has 1 heterocycles. The molecule has 146 valence electrons. The van der Waals surface area contributed by atoms with Crippen molar-refractivity contribution in [2.75, 3.05) is 19.0 Å².